The fraction of sp³-hybridized carbons (Fsp3) is 0.409. The third-order valence-corrected chi connectivity index (χ3v) is 3.70. The number of carbonyl (C=O) groups is 1. The van der Waals surface area contributed by atoms with Crippen LogP contribution in [0, 0.1) is 0 Å². The van der Waals surface area contributed by atoms with Crippen molar-refractivity contribution < 1.29 is 19.4 Å². The number of benzene rings is 2. The Labute approximate surface area is 162 Å². The van der Waals surface area contributed by atoms with Crippen molar-refractivity contribution in [1.82, 2.24) is 5.32 Å². The lowest BCUT2D eigenvalue weighted by atomic mass is 10.1. The van der Waals surface area contributed by atoms with Crippen LogP contribution in [0.25, 0.3) is 0 Å². The number of aliphatic hydroxyl groups excluding tert-OH is 1. The van der Waals surface area contributed by atoms with Crippen LogP contribution in [-0.4, -0.2) is 44.3 Å². The summed E-state index contributed by atoms with van der Waals surface area (Å²) in [5.74, 6) is 0.811. The molecule has 0 fully saturated rings. The Morgan fingerprint density at radius 1 is 1.07 bits per heavy atom. The molecule has 2 aromatic rings. The lowest BCUT2D eigenvalue weighted by molar-refractivity contribution is -0.121. The lowest BCUT2D eigenvalue weighted by Gasteiger charge is -2.12. The first-order valence-corrected chi connectivity index (χ1v) is 9.35. The SMILES string of the molecule is CC.COCC(=O)Cc1ccc(OCCNCC(O)c2ccccc2)cc1. The summed E-state index contributed by atoms with van der Waals surface area (Å²) < 4.78 is 10.5. The molecule has 2 aromatic carbocycles. The molecule has 0 aliphatic heterocycles. The molecule has 0 bridgehead atoms. The molecule has 0 aromatic heterocycles. The zero-order valence-corrected chi connectivity index (χ0v) is 16.5. The predicted octanol–water partition coefficient (Wildman–Crippen LogP) is 3.17. The Morgan fingerprint density at radius 3 is 2.37 bits per heavy atom. The van der Waals surface area contributed by atoms with Crippen LogP contribution in [0.5, 0.6) is 5.75 Å². The Hall–Kier alpha value is -2.21. The number of hydrogen-bond acceptors (Lipinski definition) is 5. The number of ether oxygens (including phenoxy) is 2. The standard InChI is InChI=1S/C20H25NO4.C2H6/c1-24-15-18(22)13-16-7-9-19(10-8-16)25-12-11-21-14-20(23)17-5-3-2-4-6-17;1-2/h2-10,20-21,23H,11-15H2,1H3;1-2H3. The Bertz CT molecular complexity index is 629. The van der Waals surface area contributed by atoms with Gasteiger partial charge in [-0.15, -0.1) is 0 Å². The van der Waals surface area contributed by atoms with Crippen molar-refractivity contribution in [2.75, 3.05) is 33.4 Å². The monoisotopic (exact) mass is 373 g/mol. The second-order valence-corrected chi connectivity index (χ2v) is 5.77. The number of rotatable bonds is 11. The third kappa shape index (κ3) is 9.33. The molecule has 27 heavy (non-hydrogen) atoms. The van der Waals surface area contributed by atoms with Crippen LogP contribution in [0.3, 0.4) is 0 Å². The number of carbonyl (C=O) groups excluding carboxylic acids is 1. The van der Waals surface area contributed by atoms with Gasteiger partial charge in [0.25, 0.3) is 0 Å². The maximum atomic E-state index is 11.5. The van der Waals surface area contributed by atoms with Crippen LogP contribution in [0.4, 0.5) is 0 Å². The molecular weight excluding hydrogens is 342 g/mol. The largest absolute Gasteiger partial charge is 0.492 e. The molecule has 2 N–H and O–H groups in total. The molecular formula is C22H31NO4. The van der Waals surface area contributed by atoms with Gasteiger partial charge in [-0.1, -0.05) is 56.3 Å². The summed E-state index contributed by atoms with van der Waals surface area (Å²) in [4.78, 5) is 11.5. The van der Waals surface area contributed by atoms with Crippen molar-refractivity contribution in [3.8, 4) is 5.75 Å². The molecule has 5 heteroatoms. The zero-order valence-electron chi connectivity index (χ0n) is 16.5. The van der Waals surface area contributed by atoms with E-state index >= 15 is 0 Å². The normalized spacial score (nSPS) is 11.3. The zero-order chi connectivity index (χ0) is 19.9. The second-order valence-electron chi connectivity index (χ2n) is 5.77. The van der Waals surface area contributed by atoms with E-state index in [-0.39, 0.29) is 12.4 Å². The third-order valence-electron chi connectivity index (χ3n) is 3.70. The molecule has 5 nitrogen and oxygen atoms in total. The fourth-order valence-corrected chi connectivity index (χ4v) is 2.42. The predicted molar refractivity (Wildman–Crippen MR) is 108 cm³/mol. The van der Waals surface area contributed by atoms with Crippen LogP contribution in [-0.2, 0) is 16.0 Å². The summed E-state index contributed by atoms with van der Waals surface area (Å²) in [5, 5.41) is 13.2. The molecule has 0 spiro atoms. The van der Waals surface area contributed by atoms with Gasteiger partial charge in [0, 0.05) is 26.6 Å². The second kappa shape index (κ2) is 13.9. The van der Waals surface area contributed by atoms with Gasteiger partial charge in [-0.3, -0.25) is 4.79 Å². The van der Waals surface area contributed by atoms with Gasteiger partial charge < -0.3 is 19.9 Å². The Morgan fingerprint density at radius 2 is 1.74 bits per heavy atom. The van der Waals surface area contributed by atoms with Crippen LogP contribution in [0.1, 0.15) is 31.1 Å². The van der Waals surface area contributed by atoms with Crippen LogP contribution >= 0.6 is 0 Å². The molecule has 148 valence electrons. The molecule has 1 unspecified atom stereocenters. The Kier molecular flexibility index (Phi) is 11.8. The van der Waals surface area contributed by atoms with Crippen molar-refractivity contribution in [2.45, 2.75) is 26.4 Å². The van der Waals surface area contributed by atoms with Crippen LogP contribution in [0.15, 0.2) is 54.6 Å². The average molecular weight is 373 g/mol. The molecule has 0 saturated heterocycles. The van der Waals surface area contributed by atoms with E-state index in [0.717, 1.165) is 16.9 Å². The van der Waals surface area contributed by atoms with Gasteiger partial charge in [-0.05, 0) is 23.3 Å². The number of ketones is 1. The van der Waals surface area contributed by atoms with Crippen molar-refractivity contribution in [3.05, 3.63) is 65.7 Å². The van der Waals surface area contributed by atoms with Crippen molar-refractivity contribution in [2.24, 2.45) is 0 Å². The molecule has 0 aliphatic carbocycles. The molecule has 0 radical (unpaired) electrons. The van der Waals surface area contributed by atoms with E-state index in [1.54, 1.807) is 0 Å². The highest BCUT2D eigenvalue weighted by Crippen LogP contribution is 2.13. The topological polar surface area (TPSA) is 67.8 Å². The van der Waals surface area contributed by atoms with Crippen molar-refractivity contribution in [1.29, 1.82) is 0 Å². The molecule has 0 aliphatic rings. The summed E-state index contributed by atoms with van der Waals surface area (Å²) in [6.45, 7) is 5.76. The summed E-state index contributed by atoms with van der Waals surface area (Å²) >= 11 is 0. The van der Waals surface area contributed by atoms with Gasteiger partial charge in [-0.2, -0.15) is 0 Å². The molecule has 0 saturated carbocycles. The summed E-state index contributed by atoms with van der Waals surface area (Å²) in [6.07, 6.45) is -0.155. The first-order chi connectivity index (χ1) is 13.2. The van der Waals surface area contributed by atoms with E-state index in [2.05, 4.69) is 5.32 Å². The van der Waals surface area contributed by atoms with E-state index in [1.165, 1.54) is 7.11 Å². The molecule has 1 atom stereocenters. The van der Waals surface area contributed by atoms with Gasteiger partial charge in [0.15, 0.2) is 5.78 Å². The fourth-order valence-electron chi connectivity index (χ4n) is 2.42. The lowest BCUT2D eigenvalue weighted by Crippen LogP contribution is -2.26. The van der Waals surface area contributed by atoms with Crippen LogP contribution < -0.4 is 10.1 Å². The quantitative estimate of drug-likeness (QED) is 0.592. The maximum absolute atomic E-state index is 11.5. The average Bonchev–Trinajstić information content (AvgIpc) is 2.71. The molecule has 0 heterocycles. The van der Waals surface area contributed by atoms with E-state index in [1.807, 2.05) is 68.4 Å². The van der Waals surface area contributed by atoms with Gasteiger partial charge in [0.05, 0.1) is 6.10 Å². The minimum absolute atomic E-state index is 0.0531. The van der Waals surface area contributed by atoms with Gasteiger partial charge in [0.2, 0.25) is 0 Å². The highest BCUT2D eigenvalue weighted by Gasteiger charge is 2.06. The Balaban J connectivity index is 0.00000176. The number of aliphatic hydroxyl groups is 1. The van der Waals surface area contributed by atoms with Gasteiger partial charge >= 0.3 is 0 Å². The minimum Gasteiger partial charge on any atom is -0.492 e. The van der Waals surface area contributed by atoms with Gasteiger partial charge in [0.1, 0.15) is 19.0 Å². The summed E-state index contributed by atoms with van der Waals surface area (Å²) in [7, 11) is 1.52. The molecule has 2 rings (SSSR count). The van der Waals surface area contributed by atoms with Crippen molar-refractivity contribution >= 4 is 5.78 Å². The van der Waals surface area contributed by atoms with E-state index in [0.29, 0.717) is 26.1 Å². The van der Waals surface area contributed by atoms with Crippen LogP contribution in [0.2, 0.25) is 0 Å². The summed E-state index contributed by atoms with van der Waals surface area (Å²) in [6, 6.07) is 17.0. The van der Waals surface area contributed by atoms with Gasteiger partial charge in [-0.25, -0.2) is 0 Å². The first-order valence-electron chi connectivity index (χ1n) is 9.35. The first kappa shape index (κ1) is 22.8. The van der Waals surface area contributed by atoms with E-state index < -0.39 is 6.10 Å². The van der Waals surface area contributed by atoms with E-state index in [9.17, 15) is 9.90 Å². The number of hydrogen-bond donors (Lipinski definition) is 2. The van der Waals surface area contributed by atoms with Crippen molar-refractivity contribution in [3.63, 3.8) is 0 Å². The number of nitrogens with one attached hydrogen (secondary N) is 1. The number of Topliss-reactive ketones (excluding diaryl/α,β-unsaturated/α-hetero) is 1. The van der Waals surface area contributed by atoms with E-state index in [4.69, 9.17) is 9.47 Å². The molecule has 0 amide bonds. The maximum Gasteiger partial charge on any atom is 0.162 e. The summed E-state index contributed by atoms with van der Waals surface area (Å²) in [5.41, 5.74) is 1.84. The highest BCUT2D eigenvalue weighted by atomic mass is 16.5. The minimum atomic E-state index is -0.523. The highest BCUT2D eigenvalue weighted by molar-refractivity contribution is 5.82. The number of methoxy groups -OCH3 is 1. The smallest absolute Gasteiger partial charge is 0.162 e.